The minimum Gasteiger partial charge on any atom is -0.298 e. The van der Waals surface area contributed by atoms with Crippen LogP contribution in [0.4, 0.5) is 0 Å². The van der Waals surface area contributed by atoms with Gasteiger partial charge in [-0.25, -0.2) is 0 Å². The van der Waals surface area contributed by atoms with Crippen LogP contribution in [0.25, 0.3) is 0 Å². The molecule has 1 aliphatic rings. The zero-order valence-electron chi connectivity index (χ0n) is 9.80. The van der Waals surface area contributed by atoms with Gasteiger partial charge in [0, 0.05) is 25.2 Å². The Bertz CT molecular complexity index is 695. The van der Waals surface area contributed by atoms with Crippen LogP contribution in [0.15, 0.2) is 37.8 Å². The summed E-state index contributed by atoms with van der Waals surface area (Å²) in [6.45, 7) is 0. The van der Waals surface area contributed by atoms with Crippen molar-refractivity contribution >= 4 is 53.5 Å². The number of nitrogens with zero attached hydrogens (tertiary/aromatic N) is 1. The van der Waals surface area contributed by atoms with Crippen LogP contribution in [0.2, 0.25) is 0 Å². The van der Waals surface area contributed by atoms with Gasteiger partial charge in [-0.1, -0.05) is 31.9 Å². The normalized spacial score (nSPS) is 13.7. The molecule has 3 rings (SSSR count). The quantitative estimate of drug-likeness (QED) is 0.617. The van der Waals surface area contributed by atoms with Gasteiger partial charge < -0.3 is 0 Å². The van der Waals surface area contributed by atoms with Crippen LogP contribution in [0.1, 0.15) is 22.4 Å². The third-order valence-electron chi connectivity index (χ3n) is 3.22. The summed E-state index contributed by atoms with van der Waals surface area (Å²) < 4.78 is 2.94. The summed E-state index contributed by atoms with van der Waals surface area (Å²) in [4.78, 5) is 4.42. The second-order valence-corrected chi connectivity index (χ2v) is 7.14. The first-order valence-electron chi connectivity index (χ1n) is 5.78. The van der Waals surface area contributed by atoms with Gasteiger partial charge in [-0.3, -0.25) is 10.4 Å². The van der Waals surface area contributed by atoms with Gasteiger partial charge in [-0.2, -0.15) is 0 Å². The molecule has 0 amide bonds. The lowest BCUT2D eigenvalue weighted by atomic mass is 10.0. The number of rotatable bonds is 0. The number of pyridine rings is 1. The Labute approximate surface area is 136 Å². The first kappa shape index (κ1) is 13.5. The number of fused-ring (bicyclic) bond motifs is 2. The Morgan fingerprint density at radius 2 is 1.63 bits per heavy atom. The van der Waals surface area contributed by atoms with E-state index in [0.717, 1.165) is 43.1 Å². The number of aryl methyl sites for hydroxylation is 2. The van der Waals surface area contributed by atoms with E-state index >= 15 is 0 Å². The van der Waals surface area contributed by atoms with Gasteiger partial charge in [0.15, 0.2) is 0 Å². The molecule has 0 saturated heterocycles. The van der Waals surface area contributed by atoms with Crippen LogP contribution < -0.4 is 0 Å². The molecule has 2 aromatic rings. The largest absolute Gasteiger partial charge is 0.298 e. The summed E-state index contributed by atoms with van der Waals surface area (Å²) in [6, 6.07) is 6.14. The van der Waals surface area contributed by atoms with E-state index in [1.54, 1.807) is 6.20 Å². The van der Waals surface area contributed by atoms with Gasteiger partial charge in [-0.15, -0.1) is 0 Å². The summed E-state index contributed by atoms with van der Waals surface area (Å²) in [5.74, 6) is 0. The predicted octanol–water partition coefficient (Wildman–Crippen LogP) is 4.88. The lowest BCUT2D eigenvalue weighted by Crippen LogP contribution is -2.07. The van der Waals surface area contributed by atoms with Crippen molar-refractivity contribution in [2.75, 3.05) is 0 Å². The van der Waals surface area contributed by atoms with Gasteiger partial charge in [0.25, 0.3) is 0 Å². The predicted molar refractivity (Wildman–Crippen MR) is 87.1 cm³/mol. The molecule has 0 spiro atoms. The summed E-state index contributed by atoms with van der Waals surface area (Å²) in [5.41, 5.74) is 4.54. The Balaban J connectivity index is 2.23. The van der Waals surface area contributed by atoms with Crippen molar-refractivity contribution in [3.63, 3.8) is 0 Å². The minimum absolute atomic E-state index is 0.495. The van der Waals surface area contributed by atoms with Crippen LogP contribution in [0, 0.1) is 5.41 Å². The fourth-order valence-corrected chi connectivity index (χ4v) is 4.28. The standard InChI is InChI=1S/C14H9Br3N2/c15-9-3-7-1-2-8-4-10(16)6-19-14(8)13(18)12(7)11(17)5-9/h3-6,18H,1-2H2. The van der Waals surface area contributed by atoms with Gasteiger partial charge in [0.05, 0.1) is 11.4 Å². The molecule has 0 atom stereocenters. The third-order valence-corrected chi connectivity index (χ3v) is 4.74. The highest BCUT2D eigenvalue weighted by molar-refractivity contribution is 9.11. The highest BCUT2D eigenvalue weighted by atomic mass is 79.9. The zero-order valence-corrected chi connectivity index (χ0v) is 14.6. The lowest BCUT2D eigenvalue weighted by molar-refractivity contribution is 0.952. The fourth-order valence-electron chi connectivity index (χ4n) is 2.39. The zero-order chi connectivity index (χ0) is 13.6. The maximum Gasteiger partial charge on any atom is 0.0918 e. The Morgan fingerprint density at radius 1 is 0.947 bits per heavy atom. The van der Waals surface area contributed by atoms with Gasteiger partial charge >= 0.3 is 0 Å². The fraction of sp³-hybridized carbons (Fsp3) is 0.143. The topological polar surface area (TPSA) is 36.7 Å². The number of benzene rings is 1. The Morgan fingerprint density at radius 3 is 2.42 bits per heavy atom. The van der Waals surface area contributed by atoms with Crippen molar-refractivity contribution < 1.29 is 0 Å². The van der Waals surface area contributed by atoms with E-state index < -0.39 is 0 Å². The van der Waals surface area contributed by atoms with E-state index in [2.05, 4.69) is 64.9 Å². The van der Waals surface area contributed by atoms with Crippen molar-refractivity contribution in [1.82, 2.24) is 4.98 Å². The number of hydrogen-bond acceptors (Lipinski definition) is 2. The van der Waals surface area contributed by atoms with Crippen molar-refractivity contribution in [2.45, 2.75) is 12.8 Å². The summed E-state index contributed by atoms with van der Waals surface area (Å²) >= 11 is 10.5. The van der Waals surface area contributed by atoms with Crippen molar-refractivity contribution in [3.8, 4) is 0 Å². The first-order valence-corrected chi connectivity index (χ1v) is 8.16. The second kappa shape index (κ2) is 5.11. The number of hydrogen-bond donors (Lipinski definition) is 1. The highest BCUT2D eigenvalue weighted by Crippen LogP contribution is 2.32. The molecule has 0 radical (unpaired) electrons. The summed E-state index contributed by atoms with van der Waals surface area (Å²) in [5, 5.41) is 8.45. The van der Waals surface area contributed by atoms with E-state index in [0.29, 0.717) is 5.71 Å². The second-order valence-electron chi connectivity index (χ2n) is 4.46. The van der Waals surface area contributed by atoms with Crippen LogP contribution in [-0.2, 0) is 12.8 Å². The molecule has 0 fully saturated rings. The maximum absolute atomic E-state index is 8.45. The van der Waals surface area contributed by atoms with E-state index in [1.807, 2.05) is 6.07 Å². The molecule has 1 N–H and O–H groups in total. The van der Waals surface area contributed by atoms with Gasteiger partial charge in [0.1, 0.15) is 0 Å². The van der Waals surface area contributed by atoms with E-state index in [1.165, 1.54) is 5.56 Å². The number of halogens is 3. The molecule has 1 aromatic carbocycles. The monoisotopic (exact) mass is 442 g/mol. The maximum atomic E-state index is 8.45. The molecule has 0 unspecified atom stereocenters. The minimum atomic E-state index is 0.495. The smallest absolute Gasteiger partial charge is 0.0918 e. The molecule has 1 aliphatic carbocycles. The molecule has 1 heterocycles. The van der Waals surface area contributed by atoms with Crippen molar-refractivity contribution in [2.24, 2.45) is 0 Å². The van der Waals surface area contributed by atoms with Crippen LogP contribution in [-0.4, -0.2) is 10.7 Å². The molecule has 5 heteroatoms. The molecule has 0 saturated carbocycles. The van der Waals surface area contributed by atoms with Crippen molar-refractivity contribution in [3.05, 3.63) is 60.2 Å². The van der Waals surface area contributed by atoms with Crippen LogP contribution >= 0.6 is 47.8 Å². The third kappa shape index (κ3) is 2.43. The highest BCUT2D eigenvalue weighted by Gasteiger charge is 2.22. The average Bonchev–Trinajstić information content (AvgIpc) is 2.47. The van der Waals surface area contributed by atoms with Crippen LogP contribution in [0.3, 0.4) is 0 Å². The molecular weight excluding hydrogens is 436 g/mol. The van der Waals surface area contributed by atoms with Crippen molar-refractivity contribution in [1.29, 1.82) is 5.41 Å². The average molecular weight is 445 g/mol. The number of aromatic nitrogens is 1. The van der Waals surface area contributed by atoms with E-state index in [4.69, 9.17) is 5.41 Å². The van der Waals surface area contributed by atoms with Gasteiger partial charge in [0.2, 0.25) is 0 Å². The Hall–Kier alpha value is -0.520. The summed E-state index contributed by atoms with van der Waals surface area (Å²) in [7, 11) is 0. The molecule has 0 bridgehead atoms. The van der Waals surface area contributed by atoms with E-state index in [9.17, 15) is 0 Å². The Kier molecular flexibility index (Phi) is 3.62. The number of nitrogens with one attached hydrogen (secondary N) is 1. The first-order chi connectivity index (χ1) is 9.06. The molecule has 1 aromatic heterocycles. The molecule has 2 nitrogen and oxygen atoms in total. The molecule has 19 heavy (non-hydrogen) atoms. The lowest BCUT2D eigenvalue weighted by Gasteiger charge is -2.10. The van der Waals surface area contributed by atoms with Crippen LogP contribution in [0.5, 0.6) is 0 Å². The molecule has 96 valence electrons. The SMILES string of the molecule is N=C1c2ncc(Br)cc2CCc2cc(Br)cc(Br)c21. The molecular formula is C14H9Br3N2. The summed E-state index contributed by atoms with van der Waals surface area (Å²) in [6.07, 6.45) is 3.58. The van der Waals surface area contributed by atoms with Gasteiger partial charge in [-0.05, 0) is 58.1 Å². The molecule has 0 aliphatic heterocycles. The van der Waals surface area contributed by atoms with E-state index in [-0.39, 0.29) is 0 Å².